The van der Waals surface area contributed by atoms with Crippen LogP contribution < -0.4 is 0 Å². The number of benzene rings is 2. The number of hydrogen-bond donors (Lipinski definition) is 1. The first-order valence-electron chi connectivity index (χ1n) is 5.92. The van der Waals surface area contributed by atoms with E-state index in [-0.39, 0.29) is 17.1 Å². The van der Waals surface area contributed by atoms with Gasteiger partial charge in [-0.3, -0.25) is 9.59 Å². The van der Waals surface area contributed by atoms with Crippen LogP contribution in [0.15, 0.2) is 36.4 Å². The summed E-state index contributed by atoms with van der Waals surface area (Å²) in [6.07, 6.45) is 0.708. The molecule has 3 heteroatoms. The first kappa shape index (κ1) is 13.0. The second-order valence-electron chi connectivity index (χ2n) is 4.60. The minimum atomic E-state index is -0.284. The van der Waals surface area contributed by atoms with E-state index in [1.807, 2.05) is 13.8 Å². The highest BCUT2D eigenvalue weighted by molar-refractivity contribution is 6.11. The number of phenols is 1. The van der Waals surface area contributed by atoms with Crippen LogP contribution in [0.5, 0.6) is 5.75 Å². The zero-order valence-corrected chi connectivity index (χ0v) is 10.8. The first-order chi connectivity index (χ1) is 9.01. The third kappa shape index (κ3) is 2.71. The highest BCUT2D eigenvalue weighted by atomic mass is 16.3. The molecular formula is C16H14O3. The van der Waals surface area contributed by atoms with Gasteiger partial charge >= 0.3 is 0 Å². The first-order valence-corrected chi connectivity index (χ1v) is 5.92. The average molecular weight is 254 g/mol. The lowest BCUT2D eigenvalue weighted by Gasteiger charge is -2.07. The summed E-state index contributed by atoms with van der Waals surface area (Å²) in [6, 6.07) is 9.82. The van der Waals surface area contributed by atoms with Gasteiger partial charge in [-0.2, -0.15) is 0 Å². The molecule has 0 atom stereocenters. The molecular weight excluding hydrogens is 240 g/mol. The Morgan fingerprint density at radius 1 is 1.05 bits per heavy atom. The molecule has 0 aromatic heterocycles. The highest BCUT2D eigenvalue weighted by Crippen LogP contribution is 2.22. The summed E-state index contributed by atoms with van der Waals surface area (Å²) < 4.78 is 0. The summed E-state index contributed by atoms with van der Waals surface area (Å²) in [6.45, 7) is 3.67. The van der Waals surface area contributed by atoms with Crippen LogP contribution in [0, 0.1) is 13.8 Å². The minimum absolute atomic E-state index is 0.0511. The van der Waals surface area contributed by atoms with Crippen LogP contribution in [0.3, 0.4) is 0 Å². The van der Waals surface area contributed by atoms with Crippen molar-refractivity contribution in [1.82, 2.24) is 0 Å². The third-order valence-electron chi connectivity index (χ3n) is 2.89. The molecule has 96 valence electrons. The number of carbonyl (C=O) groups excluding carboxylic acids is 2. The fraction of sp³-hybridized carbons (Fsp3) is 0.125. The van der Waals surface area contributed by atoms with Crippen molar-refractivity contribution in [3.05, 3.63) is 64.2 Å². The van der Waals surface area contributed by atoms with Crippen molar-refractivity contribution in [3.8, 4) is 5.75 Å². The van der Waals surface area contributed by atoms with E-state index < -0.39 is 0 Å². The van der Waals surface area contributed by atoms with Gasteiger partial charge in [-0.15, -0.1) is 0 Å². The smallest absolute Gasteiger partial charge is 0.196 e. The van der Waals surface area contributed by atoms with Gasteiger partial charge in [-0.05, 0) is 49.7 Å². The molecule has 0 unspecified atom stereocenters. The molecule has 0 bridgehead atoms. The number of ketones is 1. The fourth-order valence-electron chi connectivity index (χ4n) is 2.00. The molecule has 0 spiro atoms. The summed E-state index contributed by atoms with van der Waals surface area (Å²) in [5.41, 5.74) is 2.84. The molecule has 0 radical (unpaired) electrons. The fourth-order valence-corrected chi connectivity index (χ4v) is 2.00. The van der Waals surface area contributed by atoms with Crippen LogP contribution in [-0.2, 0) is 0 Å². The standard InChI is InChI=1S/C16H14O3/c1-10-3-4-15(18)14(7-10)16(19)13-6-11(2)5-12(8-13)9-17/h3-9,18H,1-2H3. The Bertz CT molecular complexity index is 657. The maximum absolute atomic E-state index is 12.4. The molecule has 2 rings (SSSR count). The number of hydrogen-bond acceptors (Lipinski definition) is 3. The minimum Gasteiger partial charge on any atom is -0.507 e. The molecule has 0 aliphatic rings. The Labute approximate surface area is 111 Å². The van der Waals surface area contributed by atoms with Crippen LogP contribution in [0.2, 0.25) is 0 Å². The van der Waals surface area contributed by atoms with Gasteiger partial charge in [0, 0.05) is 11.1 Å². The van der Waals surface area contributed by atoms with Gasteiger partial charge in [-0.1, -0.05) is 11.6 Å². The molecule has 2 aromatic rings. The lowest BCUT2D eigenvalue weighted by Crippen LogP contribution is -2.03. The number of aryl methyl sites for hydroxylation is 2. The summed E-state index contributed by atoms with van der Waals surface area (Å²) >= 11 is 0. The van der Waals surface area contributed by atoms with E-state index in [9.17, 15) is 14.7 Å². The van der Waals surface area contributed by atoms with Gasteiger partial charge in [0.05, 0.1) is 5.56 Å². The zero-order valence-electron chi connectivity index (χ0n) is 10.8. The van der Waals surface area contributed by atoms with Gasteiger partial charge in [-0.25, -0.2) is 0 Å². The van der Waals surface area contributed by atoms with Crippen LogP contribution in [-0.4, -0.2) is 17.2 Å². The Morgan fingerprint density at radius 2 is 1.79 bits per heavy atom. The molecule has 2 aromatic carbocycles. The van der Waals surface area contributed by atoms with Crippen molar-refractivity contribution in [1.29, 1.82) is 0 Å². The number of carbonyl (C=O) groups is 2. The van der Waals surface area contributed by atoms with Crippen molar-refractivity contribution in [2.45, 2.75) is 13.8 Å². The van der Waals surface area contributed by atoms with E-state index in [1.54, 1.807) is 24.3 Å². The number of rotatable bonds is 3. The molecule has 0 amide bonds. The third-order valence-corrected chi connectivity index (χ3v) is 2.89. The number of aldehydes is 1. The van der Waals surface area contributed by atoms with Crippen molar-refractivity contribution in [2.75, 3.05) is 0 Å². The monoisotopic (exact) mass is 254 g/mol. The molecule has 0 aliphatic carbocycles. The van der Waals surface area contributed by atoms with Crippen LogP contribution >= 0.6 is 0 Å². The van der Waals surface area contributed by atoms with E-state index in [2.05, 4.69) is 0 Å². The molecule has 1 N–H and O–H groups in total. The maximum Gasteiger partial charge on any atom is 0.196 e. The van der Waals surface area contributed by atoms with E-state index in [4.69, 9.17) is 0 Å². The second-order valence-corrected chi connectivity index (χ2v) is 4.60. The highest BCUT2D eigenvalue weighted by Gasteiger charge is 2.14. The topological polar surface area (TPSA) is 54.4 Å². The van der Waals surface area contributed by atoms with E-state index in [0.717, 1.165) is 11.1 Å². The zero-order chi connectivity index (χ0) is 14.0. The quantitative estimate of drug-likeness (QED) is 0.676. The molecule has 0 fully saturated rings. The lowest BCUT2D eigenvalue weighted by molar-refractivity contribution is 0.103. The van der Waals surface area contributed by atoms with Crippen molar-refractivity contribution < 1.29 is 14.7 Å². The molecule has 0 saturated heterocycles. The second kappa shape index (κ2) is 5.06. The Hall–Kier alpha value is -2.42. The molecule has 3 nitrogen and oxygen atoms in total. The van der Waals surface area contributed by atoms with Gasteiger partial charge in [0.1, 0.15) is 12.0 Å². The van der Waals surface area contributed by atoms with Crippen molar-refractivity contribution in [3.63, 3.8) is 0 Å². The summed E-state index contributed by atoms with van der Waals surface area (Å²) in [5, 5.41) is 9.77. The molecule has 19 heavy (non-hydrogen) atoms. The van der Waals surface area contributed by atoms with Gasteiger partial charge in [0.15, 0.2) is 5.78 Å². The predicted octanol–water partition coefficient (Wildman–Crippen LogP) is 3.05. The van der Waals surface area contributed by atoms with Crippen LogP contribution in [0.1, 0.15) is 37.4 Å². The molecule has 0 heterocycles. The Morgan fingerprint density at radius 3 is 2.47 bits per heavy atom. The normalized spacial score (nSPS) is 10.2. The Balaban J connectivity index is 2.52. The van der Waals surface area contributed by atoms with E-state index in [0.29, 0.717) is 17.4 Å². The summed E-state index contributed by atoms with van der Waals surface area (Å²) in [5.74, 6) is -0.335. The SMILES string of the molecule is Cc1cc(C=O)cc(C(=O)c2cc(C)ccc2O)c1. The van der Waals surface area contributed by atoms with Crippen molar-refractivity contribution >= 4 is 12.1 Å². The van der Waals surface area contributed by atoms with E-state index in [1.165, 1.54) is 12.1 Å². The van der Waals surface area contributed by atoms with Crippen LogP contribution in [0.4, 0.5) is 0 Å². The Kier molecular flexibility index (Phi) is 3.47. The summed E-state index contributed by atoms with van der Waals surface area (Å²) in [7, 11) is 0. The van der Waals surface area contributed by atoms with E-state index >= 15 is 0 Å². The summed E-state index contributed by atoms with van der Waals surface area (Å²) in [4.78, 5) is 23.2. The average Bonchev–Trinajstić information content (AvgIpc) is 2.40. The van der Waals surface area contributed by atoms with Crippen molar-refractivity contribution in [2.24, 2.45) is 0 Å². The van der Waals surface area contributed by atoms with Gasteiger partial charge in [0.25, 0.3) is 0 Å². The van der Waals surface area contributed by atoms with Gasteiger partial charge < -0.3 is 5.11 Å². The molecule has 0 aliphatic heterocycles. The largest absolute Gasteiger partial charge is 0.507 e. The predicted molar refractivity (Wildman–Crippen MR) is 72.8 cm³/mol. The lowest BCUT2D eigenvalue weighted by atomic mass is 9.97. The maximum atomic E-state index is 12.4. The number of aromatic hydroxyl groups is 1. The van der Waals surface area contributed by atoms with Crippen LogP contribution in [0.25, 0.3) is 0 Å². The van der Waals surface area contributed by atoms with Gasteiger partial charge in [0.2, 0.25) is 0 Å². The molecule has 0 saturated carbocycles. The number of phenolic OH excluding ortho intramolecular Hbond substituents is 1.